The topological polar surface area (TPSA) is 71.9 Å². The first-order valence-corrected chi connectivity index (χ1v) is 14.4. The Morgan fingerprint density at radius 2 is 1.69 bits per heavy atom. The van der Waals surface area contributed by atoms with Crippen LogP contribution in [0.1, 0.15) is 49.9 Å². The highest BCUT2D eigenvalue weighted by molar-refractivity contribution is 6.99. The molecule has 2 atom stereocenters. The molecule has 1 aromatic heterocycles. The van der Waals surface area contributed by atoms with Gasteiger partial charge in [0.25, 0.3) is 14.2 Å². The minimum atomic E-state index is -2.84. The van der Waals surface area contributed by atoms with E-state index in [0.717, 1.165) is 0 Å². The van der Waals surface area contributed by atoms with Crippen molar-refractivity contribution in [1.82, 2.24) is 9.88 Å². The molecule has 4 rings (SSSR count). The van der Waals surface area contributed by atoms with E-state index in [1.165, 1.54) is 10.4 Å². The number of nitrogens with zero attached hydrogens (tertiary/aromatic N) is 2. The summed E-state index contributed by atoms with van der Waals surface area (Å²) in [5, 5.41) is 12.0. The molecule has 0 aliphatic carbocycles. The summed E-state index contributed by atoms with van der Waals surface area (Å²) in [5.74, 6) is -0.154. The fourth-order valence-electron chi connectivity index (χ4n) is 5.16. The Bertz CT molecular complexity index is 1110. The van der Waals surface area contributed by atoms with Crippen molar-refractivity contribution < 1.29 is 19.1 Å². The highest BCUT2D eigenvalue weighted by Gasteiger charge is 2.51. The molecule has 1 saturated heterocycles. The van der Waals surface area contributed by atoms with Crippen molar-refractivity contribution in [2.24, 2.45) is 0 Å². The van der Waals surface area contributed by atoms with Crippen molar-refractivity contribution in [2.75, 3.05) is 26.4 Å². The second-order valence-corrected chi connectivity index (χ2v) is 14.5. The number of hydrogen-bond acceptors (Lipinski definition) is 5. The molecule has 3 aromatic rings. The largest absolute Gasteiger partial charge is 0.399 e. The van der Waals surface area contributed by atoms with Gasteiger partial charge in [0.2, 0.25) is 0 Å². The number of hydrogen-bond donors (Lipinski definition) is 1. The Balaban J connectivity index is 1.78. The molecule has 0 radical (unpaired) electrons. The molecule has 1 aliphatic heterocycles. The van der Waals surface area contributed by atoms with E-state index in [2.05, 4.69) is 74.3 Å². The lowest BCUT2D eigenvalue weighted by Crippen LogP contribution is -2.66. The Hall–Kier alpha value is -2.84. The highest BCUT2D eigenvalue weighted by atomic mass is 28.4. The molecule has 0 unspecified atom stereocenters. The van der Waals surface area contributed by atoms with E-state index in [0.29, 0.717) is 31.0 Å². The van der Waals surface area contributed by atoms with Crippen LogP contribution < -0.4 is 10.4 Å². The normalized spacial score (nSPS) is 17.6. The minimum absolute atomic E-state index is 0.143. The van der Waals surface area contributed by atoms with Crippen LogP contribution in [-0.2, 0) is 9.16 Å². The molecule has 1 fully saturated rings. The van der Waals surface area contributed by atoms with E-state index < -0.39 is 14.4 Å². The number of pyridine rings is 1. The highest BCUT2D eigenvalue weighted by Crippen LogP contribution is 2.40. The molecule has 7 heteroatoms. The van der Waals surface area contributed by atoms with Gasteiger partial charge in [0.15, 0.2) is 0 Å². The van der Waals surface area contributed by atoms with Gasteiger partial charge in [0, 0.05) is 12.7 Å². The van der Waals surface area contributed by atoms with Gasteiger partial charge in [-0.3, -0.25) is 9.78 Å². The van der Waals surface area contributed by atoms with E-state index in [-0.39, 0.29) is 23.6 Å². The number of rotatable bonds is 7. The number of aliphatic hydroxyl groups excluding tert-OH is 1. The molecule has 2 aromatic carbocycles. The van der Waals surface area contributed by atoms with E-state index in [1.54, 1.807) is 23.2 Å². The van der Waals surface area contributed by atoms with Crippen LogP contribution in [0.25, 0.3) is 0 Å². The second-order valence-electron chi connectivity index (χ2n) is 10.3. The van der Waals surface area contributed by atoms with Crippen molar-refractivity contribution >= 4 is 24.6 Å². The van der Waals surface area contributed by atoms with Gasteiger partial charge in [-0.2, -0.15) is 0 Å². The smallest absolute Gasteiger partial charge is 0.261 e. The van der Waals surface area contributed by atoms with Gasteiger partial charge in [0.1, 0.15) is 0 Å². The van der Waals surface area contributed by atoms with Crippen molar-refractivity contribution in [3.8, 4) is 0 Å². The SMILES string of the molecule is C[C@H](O[Si](c1ccccc1)(c1ccccc1)C(C)(C)C)c1ncccc1C(=O)N1CCOC[C@H]1CO. The van der Waals surface area contributed by atoms with Gasteiger partial charge in [-0.05, 0) is 34.5 Å². The molecule has 0 saturated carbocycles. The van der Waals surface area contributed by atoms with Crippen LogP contribution in [0.2, 0.25) is 5.04 Å². The summed E-state index contributed by atoms with van der Waals surface area (Å²) in [4.78, 5) is 20.0. The van der Waals surface area contributed by atoms with Gasteiger partial charge >= 0.3 is 0 Å². The van der Waals surface area contributed by atoms with Crippen molar-refractivity contribution in [2.45, 2.75) is 44.9 Å². The van der Waals surface area contributed by atoms with Gasteiger partial charge in [-0.1, -0.05) is 81.4 Å². The molecule has 1 amide bonds. The van der Waals surface area contributed by atoms with E-state index in [9.17, 15) is 9.90 Å². The first-order chi connectivity index (χ1) is 17.3. The van der Waals surface area contributed by atoms with Crippen molar-refractivity contribution in [1.29, 1.82) is 0 Å². The summed E-state index contributed by atoms with van der Waals surface area (Å²) in [5.41, 5.74) is 1.11. The average Bonchev–Trinajstić information content (AvgIpc) is 2.91. The molecular formula is C29H36N2O4Si. The van der Waals surface area contributed by atoms with Crippen LogP contribution in [0.4, 0.5) is 0 Å². The molecule has 1 N–H and O–H groups in total. The number of aliphatic hydroxyl groups is 1. The van der Waals surface area contributed by atoms with Crippen LogP contribution >= 0.6 is 0 Å². The second kappa shape index (κ2) is 11.0. The van der Waals surface area contributed by atoms with Crippen LogP contribution in [0.3, 0.4) is 0 Å². The van der Waals surface area contributed by atoms with Crippen LogP contribution in [-0.4, -0.2) is 61.6 Å². The van der Waals surface area contributed by atoms with Crippen molar-refractivity contribution in [3.05, 3.63) is 90.3 Å². The number of ether oxygens (including phenoxy) is 1. The zero-order valence-corrected chi connectivity index (χ0v) is 22.6. The Labute approximate surface area is 215 Å². The zero-order chi connectivity index (χ0) is 25.8. The van der Waals surface area contributed by atoms with Crippen molar-refractivity contribution in [3.63, 3.8) is 0 Å². The van der Waals surface area contributed by atoms with E-state index in [1.807, 2.05) is 19.1 Å². The van der Waals surface area contributed by atoms with E-state index >= 15 is 0 Å². The maximum atomic E-state index is 13.7. The molecule has 36 heavy (non-hydrogen) atoms. The number of morpholine rings is 1. The number of carbonyl (C=O) groups excluding carboxylic acids is 1. The quantitative estimate of drug-likeness (QED) is 0.498. The minimum Gasteiger partial charge on any atom is -0.399 e. The molecular weight excluding hydrogens is 468 g/mol. The van der Waals surface area contributed by atoms with Gasteiger partial charge in [-0.15, -0.1) is 0 Å². The summed E-state index contributed by atoms with van der Waals surface area (Å²) in [6, 6.07) is 24.1. The summed E-state index contributed by atoms with van der Waals surface area (Å²) in [7, 11) is -2.84. The summed E-state index contributed by atoms with van der Waals surface area (Å²) in [6.45, 7) is 9.75. The third kappa shape index (κ3) is 5.02. The summed E-state index contributed by atoms with van der Waals surface area (Å²) in [6.07, 6.45) is 1.27. The number of benzene rings is 2. The average molecular weight is 505 g/mol. The maximum absolute atomic E-state index is 13.7. The standard InChI is InChI=1S/C29H36N2O4Si/c1-22(27-26(16-11-17-30-27)28(33)31-18-19-34-21-23(31)20-32)35-36(29(2,3)4,24-12-7-5-8-13-24)25-14-9-6-10-15-25/h5-17,22-23,32H,18-21H2,1-4H3/t22-,23+/m0/s1. The molecule has 190 valence electrons. The first kappa shape index (κ1) is 26.2. The fraction of sp³-hybridized carbons (Fsp3) is 0.379. The third-order valence-electron chi connectivity index (χ3n) is 6.92. The molecule has 0 bridgehead atoms. The van der Waals surface area contributed by atoms with Crippen LogP contribution in [0, 0.1) is 0 Å². The molecule has 0 spiro atoms. The molecule has 6 nitrogen and oxygen atoms in total. The summed E-state index contributed by atoms with van der Waals surface area (Å²) < 4.78 is 12.7. The fourth-order valence-corrected chi connectivity index (χ4v) is 9.82. The van der Waals surface area contributed by atoms with Crippen LogP contribution in [0.5, 0.6) is 0 Å². The third-order valence-corrected chi connectivity index (χ3v) is 12.0. The van der Waals surface area contributed by atoms with Gasteiger partial charge in [-0.25, -0.2) is 0 Å². The molecule has 2 heterocycles. The number of aromatic nitrogens is 1. The zero-order valence-electron chi connectivity index (χ0n) is 21.6. The van der Waals surface area contributed by atoms with Crippen LogP contribution in [0.15, 0.2) is 79.0 Å². The molecule has 1 aliphatic rings. The maximum Gasteiger partial charge on any atom is 0.261 e. The van der Waals surface area contributed by atoms with Gasteiger partial charge in [0.05, 0.1) is 43.2 Å². The Kier molecular flexibility index (Phi) is 8.05. The Morgan fingerprint density at radius 3 is 2.25 bits per heavy atom. The lowest BCUT2D eigenvalue weighted by molar-refractivity contribution is -0.0185. The number of carbonyl (C=O) groups is 1. The predicted octanol–water partition coefficient (Wildman–Crippen LogP) is 3.55. The Morgan fingerprint density at radius 1 is 1.08 bits per heavy atom. The predicted molar refractivity (Wildman–Crippen MR) is 144 cm³/mol. The first-order valence-electron chi connectivity index (χ1n) is 12.5. The lowest BCUT2D eigenvalue weighted by atomic mass is 10.1. The van der Waals surface area contributed by atoms with E-state index in [4.69, 9.17) is 9.16 Å². The lowest BCUT2D eigenvalue weighted by Gasteiger charge is -2.44. The monoisotopic (exact) mass is 504 g/mol. The summed E-state index contributed by atoms with van der Waals surface area (Å²) >= 11 is 0. The van der Waals surface area contributed by atoms with Gasteiger partial charge < -0.3 is 19.2 Å². The number of amides is 1.